The van der Waals surface area contributed by atoms with Gasteiger partial charge in [0.2, 0.25) is 0 Å². The van der Waals surface area contributed by atoms with E-state index in [0.29, 0.717) is 17.1 Å². The van der Waals surface area contributed by atoms with E-state index in [1.807, 2.05) is 13.8 Å². The quantitative estimate of drug-likeness (QED) is 0.779. The highest BCUT2D eigenvalue weighted by molar-refractivity contribution is 5.96. The zero-order chi connectivity index (χ0) is 19.9. The third-order valence-corrected chi connectivity index (χ3v) is 3.65. The van der Waals surface area contributed by atoms with Gasteiger partial charge in [-0.05, 0) is 37.1 Å². The number of ketones is 1. The number of aromatic carboxylic acids is 1. The molecule has 0 atom stereocenters. The molecule has 0 aromatic heterocycles. The van der Waals surface area contributed by atoms with Crippen LogP contribution >= 0.6 is 0 Å². The Morgan fingerprint density at radius 2 is 1.50 bits per heavy atom. The van der Waals surface area contributed by atoms with Crippen LogP contribution in [0.2, 0.25) is 0 Å². The highest BCUT2D eigenvalue weighted by Crippen LogP contribution is 2.36. The number of methoxy groups -OCH3 is 2. The number of phenolic OH excluding ortho intramolecular Hbond substituents is 1. The number of para-hydroxylation sites is 1. The van der Waals surface area contributed by atoms with Gasteiger partial charge in [0.05, 0.1) is 25.3 Å². The molecule has 0 aliphatic heterocycles. The Morgan fingerprint density at radius 1 is 1.00 bits per heavy atom. The number of phenols is 1. The summed E-state index contributed by atoms with van der Waals surface area (Å²) in [5.41, 5.74) is 1.43. The van der Waals surface area contributed by atoms with Crippen molar-refractivity contribution in [3.05, 3.63) is 53.1 Å². The Balaban J connectivity index is 0.000000289. The molecule has 2 aromatic carbocycles. The van der Waals surface area contributed by atoms with E-state index in [4.69, 9.17) is 19.7 Å². The van der Waals surface area contributed by atoms with Crippen LogP contribution in [-0.2, 0) is 0 Å². The van der Waals surface area contributed by atoms with Crippen molar-refractivity contribution in [2.45, 2.75) is 26.7 Å². The maximum absolute atomic E-state index is 10.9. The average Bonchev–Trinajstić information content (AvgIpc) is 2.60. The monoisotopic (exact) mass is 360 g/mol. The summed E-state index contributed by atoms with van der Waals surface area (Å²) in [7, 11) is 3.04. The lowest BCUT2D eigenvalue weighted by atomic mass is 9.98. The van der Waals surface area contributed by atoms with Gasteiger partial charge in [-0.1, -0.05) is 26.0 Å². The zero-order valence-corrected chi connectivity index (χ0v) is 15.6. The number of carbonyl (C=O) groups is 2. The highest BCUT2D eigenvalue weighted by atomic mass is 16.5. The molecule has 0 heterocycles. The molecule has 0 fully saturated rings. The summed E-state index contributed by atoms with van der Waals surface area (Å²) < 4.78 is 10.4. The first-order valence-electron chi connectivity index (χ1n) is 8.01. The van der Waals surface area contributed by atoms with Crippen molar-refractivity contribution >= 4 is 11.8 Å². The fraction of sp³-hybridized carbons (Fsp3) is 0.300. The molecule has 2 N–H and O–H groups in total. The number of rotatable bonds is 5. The number of Topliss-reactive ketones (excluding diaryl/α,β-unsaturated/α-hetero) is 1. The topological polar surface area (TPSA) is 93.1 Å². The normalized spacial score (nSPS) is 9.92. The number of benzene rings is 2. The molecule has 0 saturated carbocycles. The molecule has 0 unspecified atom stereocenters. The minimum absolute atomic E-state index is 0.0509. The molecule has 0 saturated heterocycles. The predicted octanol–water partition coefficient (Wildman–Crippen LogP) is 4.12. The largest absolute Gasteiger partial charge is 0.507 e. The van der Waals surface area contributed by atoms with E-state index in [1.54, 1.807) is 18.2 Å². The van der Waals surface area contributed by atoms with Crippen LogP contribution in [0.25, 0.3) is 0 Å². The van der Waals surface area contributed by atoms with Gasteiger partial charge in [-0.25, -0.2) is 4.79 Å². The number of hydrogen-bond donors (Lipinski definition) is 2. The Kier molecular flexibility index (Phi) is 7.65. The first kappa shape index (κ1) is 21.0. The lowest BCUT2D eigenvalue weighted by Crippen LogP contribution is -2.03. The van der Waals surface area contributed by atoms with Crippen LogP contribution in [0.1, 0.15) is 53.0 Å². The Hall–Kier alpha value is -3.02. The van der Waals surface area contributed by atoms with Crippen molar-refractivity contribution in [2.75, 3.05) is 14.2 Å². The van der Waals surface area contributed by atoms with Crippen molar-refractivity contribution in [1.82, 2.24) is 0 Å². The van der Waals surface area contributed by atoms with Crippen LogP contribution in [0.5, 0.6) is 17.2 Å². The van der Waals surface area contributed by atoms with Gasteiger partial charge in [0.1, 0.15) is 17.2 Å². The van der Waals surface area contributed by atoms with Gasteiger partial charge in [0, 0.05) is 5.56 Å². The molecule has 0 aliphatic rings. The molecule has 6 heteroatoms. The first-order valence-corrected chi connectivity index (χ1v) is 8.01. The number of carboxylic acids is 1. The summed E-state index contributed by atoms with van der Waals surface area (Å²) >= 11 is 0. The maximum atomic E-state index is 10.9. The van der Waals surface area contributed by atoms with Crippen molar-refractivity contribution in [3.63, 3.8) is 0 Å². The molecule has 0 aliphatic carbocycles. The van der Waals surface area contributed by atoms with E-state index >= 15 is 0 Å². The van der Waals surface area contributed by atoms with Gasteiger partial charge in [-0.2, -0.15) is 0 Å². The van der Waals surface area contributed by atoms with Gasteiger partial charge in [-0.3, -0.25) is 4.79 Å². The number of carbonyl (C=O) groups excluding carboxylic acids is 1. The van der Waals surface area contributed by atoms with Crippen LogP contribution in [0, 0.1) is 0 Å². The summed E-state index contributed by atoms with van der Waals surface area (Å²) in [6.45, 7) is 5.43. The maximum Gasteiger partial charge on any atom is 0.335 e. The molecule has 0 amide bonds. The second kappa shape index (κ2) is 9.46. The van der Waals surface area contributed by atoms with Crippen LogP contribution in [0.3, 0.4) is 0 Å². The fourth-order valence-corrected chi connectivity index (χ4v) is 2.40. The zero-order valence-electron chi connectivity index (χ0n) is 15.6. The van der Waals surface area contributed by atoms with Crippen molar-refractivity contribution < 1.29 is 29.3 Å². The van der Waals surface area contributed by atoms with E-state index < -0.39 is 5.97 Å². The number of aromatic hydroxyl groups is 1. The van der Waals surface area contributed by atoms with E-state index in [1.165, 1.54) is 39.3 Å². The SMILES string of the molecule is CC(=O)c1ccccc1O.COc1cc(C(=O)O)cc(OC)c1C(C)C. The lowest BCUT2D eigenvalue weighted by molar-refractivity contribution is 0.0695. The minimum Gasteiger partial charge on any atom is -0.507 e. The molecule has 0 spiro atoms. The second-order valence-corrected chi connectivity index (χ2v) is 5.83. The van der Waals surface area contributed by atoms with E-state index in [0.717, 1.165) is 5.56 Å². The van der Waals surface area contributed by atoms with Gasteiger partial charge < -0.3 is 19.7 Å². The third-order valence-electron chi connectivity index (χ3n) is 3.65. The van der Waals surface area contributed by atoms with Crippen LogP contribution < -0.4 is 9.47 Å². The Labute approximate surface area is 153 Å². The van der Waals surface area contributed by atoms with Crippen LogP contribution in [0.4, 0.5) is 0 Å². The van der Waals surface area contributed by atoms with Crippen LogP contribution in [0.15, 0.2) is 36.4 Å². The standard InChI is InChI=1S/C12H16O4.C8H8O2/c1-7(2)11-9(15-3)5-8(12(13)14)6-10(11)16-4;1-6(9)7-4-2-3-5-8(7)10/h5-7H,1-4H3,(H,13,14);2-5,10H,1H3. The molecule has 2 rings (SSSR count). The van der Waals surface area contributed by atoms with Gasteiger partial charge in [-0.15, -0.1) is 0 Å². The molecular weight excluding hydrogens is 336 g/mol. The summed E-state index contributed by atoms with van der Waals surface area (Å²) in [4.78, 5) is 21.6. The number of carboxylic acid groups (broad SMARTS) is 1. The van der Waals surface area contributed by atoms with Crippen LogP contribution in [-0.4, -0.2) is 36.2 Å². The van der Waals surface area contributed by atoms with Crippen molar-refractivity contribution in [2.24, 2.45) is 0 Å². The van der Waals surface area contributed by atoms with Crippen molar-refractivity contribution in [3.8, 4) is 17.2 Å². The average molecular weight is 360 g/mol. The molecular formula is C20H24O6. The highest BCUT2D eigenvalue weighted by Gasteiger charge is 2.17. The van der Waals surface area contributed by atoms with Crippen molar-refractivity contribution in [1.29, 1.82) is 0 Å². The number of hydrogen-bond acceptors (Lipinski definition) is 5. The summed E-state index contributed by atoms with van der Waals surface area (Å²) in [5, 5.41) is 18.0. The minimum atomic E-state index is -0.994. The lowest BCUT2D eigenvalue weighted by Gasteiger charge is -2.16. The van der Waals surface area contributed by atoms with Gasteiger partial charge in [0.25, 0.3) is 0 Å². The number of ether oxygens (including phenoxy) is 2. The summed E-state index contributed by atoms with van der Waals surface area (Å²) in [5.74, 6) is 0.242. The molecule has 0 bridgehead atoms. The van der Waals surface area contributed by atoms with Gasteiger partial charge >= 0.3 is 5.97 Å². The summed E-state index contributed by atoms with van der Waals surface area (Å²) in [6.07, 6.45) is 0. The summed E-state index contributed by atoms with van der Waals surface area (Å²) in [6, 6.07) is 9.52. The van der Waals surface area contributed by atoms with Gasteiger partial charge in [0.15, 0.2) is 5.78 Å². The Bertz CT molecular complexity index is 755. The third kappa shape index (κ3) is 5.24. The molecule has 140 valence electrons. The predicted molar refractivity (Wildman–Crippen MR) is 98.7 cm³/mol. The smallest absolute Gasteiger partial charge is 0.335 e. The first-order chi connectivity index (χ1) is 12.2. The molecule has 6 nitrogen and oxygen atoms in total. The molecule has 0 radical (unpaired) electrons. The van der Waals surface area contributed by atoms with E-state index in [-0.39, 0.29) is 23.0 Å². The second-order valence-electron chi connectivity index (χ2n) is 5.83. The van der Waals surface area contributed by atoms with E-state index in [9.17, 15) is 9.59 Å². The Morgan fingerprint density at radius 3 is 1.81 bits per heavy atom. The van der Waals surface area contributed by atoms with E-state index in [2.05, 4.69) is 0 Å². The molecule has 2 aromatic rings. The fourth-order valence-electron chi connectivity index (χ4n) is 2.40. The molecule has 26 heavy (non-hydrogen) atoms.